The molecule has 4 aromatic rings. The lowest BCUT2D eigenvalue weighted by molar-refractivity contribution is 0.588. The van der Waals surface area contributed by atoms with Crippen LogP contribution in [0.2, 0.25) is 0 Å². The Bertz CT molecular complexity index is 1160. The molecule has 0 unspecified atom stereocenters. The summed E-state index contributed by atoms with van der Waals surface area (Å²) in [5.41, 5.74) is 3.90. The number of fused-ring (bicyclic) bond motifs is 2. The summed E-state index contributed by atoms with van der Waals surface area (Å²) in [7, 11) is 0. The SMILES string of the molecule is O=c1cc(-c2cnc3[nH]ccc3c2)nc2ccc(N3CCNCC3)cn12. The van der Waals surface area contributed by atoms with Gasteiger partial charge in [-0.3, -0.25) is 9.20 Å². The third-order valence-electron chi connectivity index (χ3n) is 4.82. The molecule has 0 saturated carbocycles. The van der Waals surface area contributed by atoms with Gasteiger partial charge in [-0.2, -0.15) is 0 Å². The molecule has 5 rings (SSSR count). The normalized spacial score (nSPS) is 15.0. The number of hydrogen-bond acceptors (Lipinski definition) is 5. The van der Waals surface area contributed by atoms with E-state index in [1.165, 1.54) is 0 Å². The van der Waals surface area contributed by atoms with Gasteiger partial charge in [0.05, 0.1) is 11.4 Å². The Balaban J connectivity index is 1.59. The predicted molar refractivity (Wildman–Crippen MR) is 102 cm³/mol. The minimum atomic E-state index is -0.0869. The number of pyridine rings is 2. The van der Waals surface area contributed by atoms with E-state index in [0.29, 0.717) is 11.3 Å². The van der Waals surface area contributed by atoms with Crippen LogP contribution < -0.4 is 15.8 Å². The molecule has 0 amide bonds. The van der Waals surface area contributed by atoms with Gasteiger partial charge in [0.15, 0.2) is 0 Å². The van der Waals surface area contributed by atoms with Gasteiger partial charge in [0, 0.05) is 61.8 Å². The van der Waals surface area contributed by atoms with Crippen molar-refractivity contribution in [1.82, 2.24) is 24.7 Å². The maximum atomic E-state index is 12.7. The van der Waals surface area contributed by atoms with Crippen LogP contribution in [0, 0.1) is 0 Å². The average Bonchev–Trinajstić information content (AvgIpc) is 3.16. The average molecular weight is 346 g/mol. The Hall–Kier alpha value is -3.19. The number of aromatic amines is 1. The van der Waals surface area contributed by atoms with Crippen molar-refractivity contribution in [3.05, 3.63) is 59.3 Å². The number of rotatable bonds is 2. The van der Waals surface area contributed by atoms with Crippen molar-refractivity contribution < 1.29 is 0 Å². The molecule has 130 valence electrons. The molecule has 0 aromatic carbocycles. The zero-order chi connectivity index (χ0) is 17.5. The molecule has 0 aliphatic carbocycles. The largest absolute Gasteiger partial charge is 0.368 e. The summed E-state index contributed by atoms with van der Waals surface area (Å²) in [4.78, 5) is 27.1. The summed E-state index contributed by atoms with van der Waals surface area (Å²) >= 11 is 0. The lowest BCUT2D eigenvalue weighted by Gasteiger charge is -2.29. The summed E-state index contributed by atoms with van der Waals surface area (Å²) in [5.74, 6) is 0. The number of nitrogens with one attached hydrogen (secondary N) is 2. The first-order valence-corrected chi connectivity index (χ1v) is 8.71. The van der Waals surface area contributed by atoms with Gasteiger partial charge < -0.3 is 15.2 Å². The third kappa shape index (κ3) is 2.53. The standard InChI is InChI=1S/C19H18N6O/c26-18-10-16(14-9-13-3-4-21-19(13)22-11-14)23-17-2-1-15(12-25(17)18)24-7-5-20-6-8-24/h1-4,9-12,20H,5-8H2,(H,21,22). The van der Waals surface area contributed by atoms with Crippen LogP contribution >= 0.6 is 0 Å². The Labute approximate surface area is 149 Å². The van der Waals surface area contributed by atoms with Crippen molar-refractivity contribution in [3.63, 3.8) is 0 Å². The molecular weight excluding hydrogens is 328 g/mol. The third-order valence-corrected chi connectivity index (χ3v) is 4.82. The van der Waals surface area contributed by atoms with E-state index in [-0.39, 0.29) is 5.56 Å². The first-order chi connectivity index (χ1) is 12.8. The summed E-state index contributed by atoms with van der Waals surface area (Å²) in [6.07, 6.45) is 5.47. The van der Waals surface area contributed by atoms with Crippen molar-refractivity contribution >= 4 is 22.4 Å². The van der Waals surface area contributed by atoms with Crippen molar-refractivity contribution in [2.45, 2.75) is 0 Å². The van der Waals surface area contributed by atoms with Crippen LogP contribution in [0.25, 0.3) is 27.9 Å². The van der Waals surface area contributed by atoms with E-state index < -0.39 is 0 Å². The monoisotopic (exact) mass is 346 g/mol. The van der Waals surface area contributed by atoms with Gasteiger partial charge in [0.2, 0.25) is 0 Å². The molecule has 26 heavy (non-hydrogen) atoms. The van der Waals surface area contributed by atoms with Gasteiger partial charge in [-0.15, -0.1) is 0 Å². The Morgan fingerprint density at radius 2 is 1.96 bits per heavy atom. The molecule has 7 heteroatoms. The van der Waals surface area contributed by atoms with Gasteiger partial charge >= 0.3 is 0 Å². The molecule has 1 aliphatic heterocycles. The van der Waals surface area contributed by atoms with E-state index in [9.17, 15) is 4.79 Å². The van der Waals surface area contributed by atoms with E-state index in [4.69, 9.17) is 0 Å². The first-order valence-electron chi connectivity index (χ1n) is 8.71. The highest BCUT2D eigenvalue weighted by molar-refractivity contribution is 5.80. The minimum Gasteiger partial charge on any atom is -0.368 e. The lowest BCUT2D eigenvalue weighted by Crippen LogP contribution is -2.43. The quantitative estimate of drug-likeness (QED) is 0.577. The molecule has 0 atom stereocenters. The molecule has 0 bridgehead atoms. The Morgan fingerprint density at radius 1 is 1.08 bits per heavy atom. The molecule has 0 radical (unpaired) electrons. The van der Waals surface area contributed by atoms with Crippen molar-refractivity contribution in [3.8, 4) is 11.3 Å². The van der Waals surface area contributed by atoms with Gasteiger partial charge in [-0.05, 0) is 24.3 Å². The number of anilines is 1. The van der Waals surface area contributed by atoms with Crippen LogP contribution in [0.4, 0.5) is 5.69 Å². The summed E-state index contributed by atoms with van der Waals surface area (Å²) in [5, 5.41) is 4.34. The highest BCUT2D eigenvalue weighted by atomic mass is 16.1. The van der Waals surface area contributed by atoms with Crippen LogP contribution in [0.15, 0.2) is 53.7 Å². The molecule has 2 N–H and O–H groups in total. The predicted octanol–water partition coefficient (Wildman–Crippen LogP) is 1.65. The van der Waals surface area contributed by atoms with Crippen molar-refractivity contribution in [1.29, 1.82) is 0 Å². The van der Waals surface area contributed by atoms with Crippen LogP contribution in [0.3, 0.4) is 0 Å². The second-order valence-corrected chi connectivity index (χ2v) is 6.47. The zero-order valence-corrected chi connectivity index (χ0v) is 14.1. The number of nitrogens with zero attached hydrogens (tertiary/aromatic N) is 4. The van der Waals surface area contributed by atoms with Gasteiger partial charge in [0.25, 0.3) is 5.56 Å². The molecule has 4 aromatic heterocycles. The fraction of sp³-hybridized carbons (Fsp3) is 0.211. The molecule has 1 saturated heterocycles. The van der Waals surface area contributed by atoms with Crippen LogP contribution in [-0.2, 0) is 0 Å². The molecule has 0 spiro atoms. The van der Waals surface area contributed by atoms with E-state index >= 15 is 0 Å². The second kappa shape index (κ2) is 5.96. The second-order valence-electron chi connectivity index (χ2n) is 6.47. The summed E-state index contributed by atoms with van der Waals surface area (Å²) < 4.78 is 1.61. The highest BCUT2D eigenvalue weighted by Crippen LogP contribution is 2.21. The molecule has 7 nitrogen and oxygen atoms in total. The Kier molecular flexibility index (Phi) is 3.46. The zero-order valence-electron chi connectivity index (χ0n) is 14.1. The number of H-pyrrole nitrogens is 1. The maximum absolute atomic E-state index is 12.7. The maximum Gasteiger partial charge on any atom is 0.258 e. The van der Waals surface area contributed by atoms with Crippen molar-refractivity contribution in [2.24, 2.45) is 0 Å². The summed E-state index contributed by atoms with van der Waals surface area (Å²) in [6, 6.07) is 9.46. The van der Waals surface area contributed by atoms with Crippen molar-refractivity contribution in [2.75, 3.05) is 31.1 Å². The van der Waals surface area contributed by atoms with E-state index in [0.717, 1.165) is 48.5 Å². The topological polar surface area (TPSA) is 78.3 Å². The molecule has 1 aliphatic rings. The number of aromatic nitrogens is 4. The van der Waals surface area contributed by atoms with Crippen LogP contribution in [-0.4, -0.2) is 45.5 Å². The van der Waals surface area contributed by atoms with Gasteiger partial charge in [-0.1, -0.05) is 0 Å². The van der Waals surface area contributed by atoms with E-state index in [1.807, 2.05) is 36.7 Å². The van der Waals surface area contributed by atoms with Gasteiger partial charge in [-0.25, -0.2) is 9.97 Å². The van der Waals surface area contributed by atoms with E-state index in [1.54, 1.807) is 16.7 Å². The fourth-order valence-electron chi connectivity index (χ4n) is 3.43. The molecule has 1 fully saturated rings. The van der Waals surface area contributed by atoms with Crippen LogP contribution in [0.5, 0.6) is 0 Å². The smallest absolute Gasteiger partial charge is 0.258 e. The number of hydrogen-bond donors (Lipinski definition) is 2. The highest BCUT2D eigenvalue weighted by Gasteiger charge is 2.12. The first kappa shape index (κ1) is 15.1. The Morgan fingerprint density at radius 3 is 2.85 bits per heavy atom. The number of piperazine rings is 1. The van der Waals surface area contributed by atoms with Gasteiger partial charge in [0.1, 0.15) is 11.3 Å². The minimum absolute atomic E-state index is 0.0869. The van der Waals surface area contributed by atoms with E-state index in [2.05, 4.69) is 25.2 Å². The fourth-order valence-corrected chi connectivity index (χ4v) is 3.43. The molecular formula is C19H18N6O. The molecule has 5 heterocycles. The van der Waals surface area contributed by atoms with Crippen LogP contribution in [0.1, 0.15) is 0 Å². The lowest BCUT2D eigenvalue weighted by atomic mass is 10.1. The summed E-state index contributed by atoms with van der Waals surface area (Å²) in [6.45, 7) is 3.79.